The minimum atomic E-state index is -1.11. The van der Waals surface area contributed by atoms with Gasteiger partial charge in [0.2, 0.25) is 5.88 Å². The molecule has 45 heavy (non-hydrogen) atoms. The van der Waals surface area contributed by atoms with Crippen LogP contribution in [0.3, 0.4) is 0 Å². The fourth-order valence-corrected chi connectivity index (χ4v) is 5.30. The first-order valence-electron chi connectivity index (χ1n) is 14.0. The van der Waals surface area contributed by atoms with Gasteiger partial charge in [0.1, 0.15) is 29.9 Å². The number of imidazole rings is 1. The van der Waals surface area contributed by atoms with Crippen LogP contribution in [-0.2, 0) is 24.3 Å². The van der Waals surface area contributed by atoms with E-state index in [1.165, 1.54) is 36.4 Å². The zero-order valence-electron chi connectivity index (χ0n) is 23.8. The van der Waals surface area contributed by atoms with Crippen LogP contribution in [0, 0.1) is 28.8 Å². The number of carbonyl (C=O) groups is 1. The molecule has 228 valence electrons. The number of carboxylic acids is 1. The van der Waals surface area contributed by atoms with Crippen molar-refractivity contribution >= 4 is 17.0 Å². The Morgan fingerprint density at radius 2 is 1.87 bits per heavy atom. The summed E-state index contributed by atoms with van der Waals surface area (Å²) in [5, 5.41) is 18.4. The molecule has 0 spiro atoms. The van der Waals surface area contributed by atoms with Gasteiger partial charge in [-0.25, -0.2) is 27.9 Å². The van der Waals surface area contributed by atoms with Crippen molar-refractivity contribution in [3.05, 3.63) is 112 Å². The van der Waals surface area contributed by atoms with Crippen molar-refractivity contribution in [3.8, 4) is 23.2 Å². The van der Waals surface area contributed by atoms with Crippen LogP contribution in [0.2, 0.25) is 0 Å². The molecule has 3 aromatic carbocycles. The van der Waals surface area contributed by atoms with Crippen molar-refractivity contribution in [3.63, 3.8) is 0 Å². The van der Waals surface area contributed by atoms with E-state index in [-0.39, 0.29) is 59.0 Å². The molecule has 0 bridgehead atoms. The number of nitrogens with two attached hydrogens (primary N) is 1. The largest absolute Gasteiger partial charge is 0.478 e. The fraction of sp³-hybridized carbons (Fsp3) is 0.212. The smallest absolute Gasteiger partial charge is 0.335 e. The maximum Gasteiger partial charge on any atom is 0.335 e. The standard InChI is InChI=1S/C33H26F3N5O4/c34-24-10-19(15-37)4-5-21(24)16-45-31-3-1-2-27(40-31)23-14-25(35)22(11-26(23)36)13-30-39-28-7-6-20(32(42)43)12-29(28)41(30)17-33(38)8-9-44-18-33/h1-7,10-12,14H,8-9,13,16-18,38H2,(H,42,43). The van der Waals surface area contributed by atoms with Crippen LogP contribution in [0.15, 0.2) is 66.7 Å². The van der Waals surface area contributed by atoms with E-state index < -0.39 is 29.0 Å². The zero-order valence-corrected chi connectivity index (χ0v) is 23.8. The van der Waals surface area contributed by atoms with E-state index in [1.807, 2.05) is 6.07 Å². The number of hydrogen-bond donors (Lipinski definition) is 2. The molecular formula is C33H26F3N5O4. The van der Waals surface area contributed by atoms with Crippen molar-refractivity contribution < 1.29 is 32.5 Å². The number of ether oxygens (including phenoxy) is 2. The Kier molecular flexibility index (Phi) is 7.97. The lowest BCUT2D eigenvalue weighted by molar-refractivity contribution is 0.0697. The number of fused-ring (bicyclic) bond motifs is 1. The molecule has 0 saturated carbocycles. The number of nitriles is 1. The molecule has 0 amide bonds. The third-order valence-electron chi connectivity index (χ3n) is 7.72. The van der Waals surface area contributed by atoms with E-state index in [0.29, 0.717) is 36.5 Å². The predicted molar refractivity (Wildman–Crippen MR) is 157 cm³/mol. The molecule has 5 aromatic rings. The summed E-state index contributed by atoms with van der Waals surface area (Å²) in [6.45, 7) is 0.829. The molecule has 1 unspecified atom stereocenters. The van der Waals surface area contributed by atoms with Gasteiger partial charge in [0.25, 0.3) is 0 Å². The van der Waals surface area contributed by atoms with E-state index >= 15 is 8.78 Å². The Morgan fingerprint density at radius 3 is 2.60 bits per heavy atom. The molecule has 3 N–H and O–H groups in total. The number of hydrogen-bond acceptors (Lipinski definition) is 7. The first kappa shape index (κ1) is 29.8. The summed E-state index contributed by atoms with van der Waals surface area (Å²) in [6.07, 6.45) is 0.477. The first-order valence-corrected chi connectivity index (χ1v) is 14.0. The topological polar surface area (TPSA) is 136 Å². The maximum atomic E-state index is 15.6. The SMILES string of the molecule is N#Cc1ccc(COc2cccc(-c3cc(F)c(Cc4nc5ccc(C(=O)O)cc5n4CC4(N)CCOC4)cc3F)n2)c(F)c1. The van der Waals surface area contributed by atoms with Crippen LogP contribution in [-0.4, -0.2) is 44.4 Å². The van der Waals surface area contributed by atoms with Gasteiger partial charge in [0.05, 0.1) is 46.1 Å². The van der Waals surface area contributed by atoms with Crippen LogP contribution in [0.25, 0.3) is 22.3 Å². The third kappa shape index (κ3) is 6.22. The van der Waals surface area contributed by atoms with Crippen LogP contribution in [0.4, 0.5) is 13.2 Å². The van der Waals surface area contributed by atoms with Crippen molar-refractivity contribution in [1.29, 1.82) is 5.26 Å². The van der Waals surface area contributed by atoms with Crippen molar-refractivity contribution in [2.24, 2.45) is 5.73 Å². The normalized spacial score (nSPS) is 16.2. The van der Waals surface area contributed by atoms with Crippen molar-refractivity contribution in [2.45, 2.75) is 31.5 Å². The summed E-state index contributed by atoms with van der Waals surface area (Å²) < 4.78 is 58.1. The average molecular weight is 614 g/mol. The van der Waals surface area contributed by atoms with Gasteiger partial charge < -0.3 is 24.9 Å². The van der Waals surface area contributed by atoms with Gasteiger partial charge in [0.15, 0.2) is 0 Å². The van der Waals surface area contributed by atoms with Gasteiger partial charge in [-0.3, -0.25) is 0 Å². The van der Waals surface area contributed by atoms with Gasteiger partial charge in [-0.2, -0.15) is 5.26 Å². The molecule has 1 aliphatic rings. The second kappa shape index (κ2) is 12.0. The zero-order chi connectivity index (χ0) is 31.7. The van der Waals surface area contributed by atoms with Crippen molar-refractivity contribution in [1.82, 2.24) is 14.5 Å². The highest BCUT2D eigenvalue weighted by Crippen LogP contribution is 2.30. The lowest BCUT2D eigenvalue weighted by Crippen LogP contribution is -2.44. The van der Waals surface area contributed by atoms with Gasteiger partial charge >= 0.3 is 5.97 Å². The molecule has 1 atom stereocenters. The second-order valence-electron chi connectivity index (χ2n) is 11.0. The summed E-state index contributed by atoms with van der Waals surface area (Å²) in [6, 6.07) is 17.0. The molecule has 2 aromatic heterocycles. The van der Waals surface area contributed by atoms with Crippen molar-refractivity contribution in [2.75, 3.05) is 13.2 Å². The quantitative estimate of drug-likeness (QED) is 0.226. The molecule has 6 rings (SSSR count). The first-order chi connectivity index (χ1) is 21.6. The second-order valence-corrected chi connectivity index (χ2v) is 11.0. The Balaban J connectivity index is 1.28. The number of rotatable bonds is 9. The molecular weight excluding hydrogens is 587 g/mol. The highest BCUT2D eigenvalue weighted by atomic mass is 19.1. The average Bonchev–Trinajstić information content (AvgIpc) is 3.60. The van der Waals surface area contributed by atoms with E-state index in [1.54, 1.807) is 16.7 Å². The number of pyridine rings is 1. The monoisotopic (exact) mass is 613 g/mol. The number of nitrogens with zero attached hydrogens (tertiary/aromatic N) is 4. The summed E-state index contributed by atoms with van der Waals surface area (Å²) in [5.41, 5.74) is 7.30. The van der Waals surface area contributed by atoms with Gasteiger partial charge in [0, 0.05) is 36.8 Å². The molecule has 0 aliphatic carbocycles. The number of aromatic nitrogens is 3. The van der Waals surface area contributed by atoms with E-state index in [9.17, 15) is 14.3 Å². The third-order valence-corrected chi connectivity index (χ3v) is 7.72. The molecule has 1 aliphatic heterocycles. The van der Waals surface area contributed by atoms with Crippen LogP contribution in [0.1, 0.15) is 39.3 Å². The summed E-state index contributed by atoms with van der Waals surface area (Å²) in [5.74, 6) is -2.69. The highest BCUT2D eigenvalue weighted by Gasteiger charge is 2.32. The maximum absolute atomic E-state index is 15.6. The highest BCUT2D eigenvalue weighted by molar-refractivity contribution is 5.92. The number of benzene rings is 3. The van der Waals surface area contributed by atoms with Crippen LogP contribution < -0.4 is 10.5 Å². The molecule has 12 heteroatoms. The van der Waals surface area contributed by atoms with Crippen LogP contribution >= 0.6 is 0 Å². The van der Waals surface area contributed by atoms with Crippen LogP contribution in [0.5, 0.6) is 5.88 Å². The summed E-state index contributed by atoms with van der Waals surface area (Å²) in [7, 11) is 0. The Hall–Kier alpha value is -5.25. The van der Waals surface area contributed by atoms with E-state index in [2.05, 4.69) is 9.97 Å². The van der Waals surface area contributed by atoms with Gasteiger partial charge in [-0.15, -0.1) is 0 Å². The lowest BCUT2D eigenvalue weighted by atomic mass is 9.99. The molecule has 9 nitrogen and oxygen atoms in total. The summed E-state index contributed by atoms with van der Waals surface area (Å²) >= 11 is 0. The minimum absolute atomic E-state index is 0.0312. The Bertz CT molecular complexity index is 1980. The fourth-order valence-electron chi connectivity index (χ4n) is 5.30. The lowest BCUT2D eigenvalue weighted by Gasteiger charge is -2.24. The number of carboxylic acid groups (broad SMARTS) is 1. The minimum Gasteiger partial charge on any atom is -0.478 e. The van der Waals surface area contributed by atoms with Gasteiger partial charge in [-0.1, -0.05) is 12.1 Å². The molecule has 0 radical (unpaired) electrons. The Morgan fingerprint density at radius 1 is 1.04 bits per heavy atom. The predicted octanol–water partition coefficient (Wildman–Crippen LogP) is 5.37. The molecule has 1 fully saturated rings. The number of halogens is 3. The molecule has 3 heterocycles. The molecule has 1 saturated heterocycles. The Labute approximate surface area is 255 Å². The number of aromatic carboxylic acids is 1. The summed E-state index contributed by atoms with van der Waals surface area (Å²) in [4.78, 5) is 20.5. The van der Waals surface area contributed by atoms with Gasteiger partial charge in [-0.05, 0) is 60.5 Å². The van der Waals surface area contributed by atoms with E-state index in [0.717, 1.165) is 18.2 Å². The van der Waals surface area contributed by atoms with E-state index in [4.69, 9.17) is 20.5 Å².